The molecule has 0 spiro atoms. The van der Waals surface area contributed by atoms with Gasteiger partial charge in [0, 0.05) is 0 Å². The molecule has 0 saturated carbocycles. The van der Waals surface area contributed by atoms with Gasteiger partial charge < -0.3 is 9.59 Å². The van der Waals surface area contributed by atoms with Crippen LogP contribution in [0.25, 0.3) is 0 Å². The van der Waals surface area contributed by atoms with E-state index in [0.29, 0.717) is 4.48 Å². The molecule has 0 heterocycles. The van der Waals surface area contributed by atoms with Crippen LogP contribution in [0.3, 0.4) is 0 Å². The van der Waals surface area contributed by atoms with E-state index in [1.165, 1.54) is 89.9 Å². The monoisotopic (exact) mass is 436 g/mol. The van der Waals surface area contributed by atoms with Crippen molar-refractivity contribution in [2.45, 2.75) is 115 Å². The van der Waals surface area contributed by atoms with Crippen molar-refractivity contribution in [3.63, 3.8) is 0 Å². The molecule has 0 aliphatic carbocycles. The molecule has 0 aliphatic heterocycles. The summed E-state index contributed by atoms with van der Waals surface area (Å²) >= 11 is 0. The number of hydrogen-bond acceptors (Lipinski definition) is 3. The van der Waals surface area contributed by atoms with Crippen molar-refractivity contribution in [3.8, 4) is 0 Å². The predicted octanol–water partition coefficient (Wildman–Crippen LogP) is 5.57. The van der Waals surface area contributed by atoms with Crippen molar-refractivity contribution >= 4 is 10.1 Å². The molecule has 1 unspecified atom stereocenters. The van der Waals surface area contributed by atoms with Gasteiger partial charge in [-0.15, -0.1) is 0 Å². The maximum Gasteiger partial charge on any atom is 0.275 e. The zero-order chi connectivity index (χ0) is 22.0. The zero-order valence-corrected chi connectivity index (χ0v) is 20.4. The number of hydrogen-bond donors (Lipinski definition) is 2. The number of rotatable bonds is 21. The Labute approximate surface area is 181 Å². The second-order valence-electron chi connectivity index (χ2n) is 9.46. The predicted molar refractivity (Wildman–Crippen MR) is 124 cm³/mol. The van der Waals surface area contributed by atoms with E-state index >= 15 is 0 Å². The van der Waals surface area contributed by atoms with E-state index < -0.39 is 22.0 Å². The van der Waals surface area contributed by atoms with Crippen LogP contribution in [0.4, 0.5) is 0 Å². The average Bonchev–Trinajstić information content (AvgIpc) is 2.65. The van der Waals surface area contributed by atoms with E-state index in [2.05, 4.69) is 6.92 Å². The van der Waals surface area contributed by atoms with Gasteiger partial charge in [0.2, 0.25) is 0 Å². The Hall–Kier alpha value is -0.170. The minimum absolute atomic E-state index is 0.244. The fourth-order valence-corrected chi connectivity index (χ4v) is 4.76. The van der Waals surface area contributed by atoms with Crippen LogP contribution in [-0.4, -0.2) is 61.6 Å². The molecule has 1 atom stereocenters. The molecule has 0 aromatic rings. The molecule has 0 aliphatic rings. The minimum atomic E-state index is -4.17. The molecule has 0 aromatic carbocycles. The lowest BCUT2D eigenvalue weighted by atomic mass is 10.0. The summed E-state index contributed by atoms with van der Waals surface area (Å²) in [6.07, 6.45) is 21.4. The normalized spacial score (nSPS) is 13.7. The van der Waals surface area contributed by atoms with E-state index in [-0.39, 0.29) is 6.54 Å². The van der Waals surface area contributed by atoms with Crippen molar-refractivity contribution in [2.75, 3.05) is 33.8 Å². The van der Waals surface area contributed by atoms with Crippen molar-refractivity contribution in [3.05, 3.63) is 0 Å². The lowest BCUT2D eigenvalue weighted by Gasteiger charge is -2.32. The molecule has 29 heavy (non-hydrogen) atoms. The van der Waals surface area contributed by atoms with Gasteiger partial charge in [-0.2, -0.15) is 8.42 Å². The quantitative estimate of drug-likeness (QED) is 0.140. The fourth-order valence-electron chi connectivity index (χ4n) is 3.98. The molecule has 0 fully saturated rings. The number of nitrogens with zero attached hydrogens (tertiary/aromatic N) is 1. The summed E-state index contributed by atoms with van der Waals surface area (Å²) in [6.45, 7) is 2.85. The van der Waals surface area contributed by atoms with Crippen LogP contribution in [-0.2, 0) is 10.1 Å². The van der Waals surface area contributed by atoms with Gasteiger partial charge in [-0.05, 0) is 12.8 Å². The lowest BCUT2D eigenvalue weighted by Crippen LogP contribution is -2.49. The Bertz CT molecular complexity index is 465. The number of aliphatic hydroxyl groups is 1. The van der Waals surface area contributed by atoms with E-state index in [0.717, 1.165) is 19.4 Å². The molecule has 0 saturated heterocycles. The number of quaternary nitrogens is 1. The lowest BCUT2D eigenvalue weighted by molar-refractivity contribution is -0.890. The topological polar surface area (TPSA) is 74.6 Å². The maximum atomic E-state index is 11.2. The largest absolute Gasteiger partial charge is 0.395 e. The molecule has 176 valence electrons. The second kappa shape index (κ2) is 17.5. The average molecular weight is 437 g/mol. The number of unbranched alkanes of at least 4 members (excludes halogenated alkanes) is 15. The Morgan fingerprint density at radius 3 is 1.34 bits per heavy atom. The smallest absolute Gasteiger partial charge is 0.275 e. The van der Waals surface area contributed by atoms with Crippen LogP contribution in [0.15, 0.2) is 0 Å². The van der Waals surface area contributed by atoms with Gasteiger partial charge in [0.15, 0.2) is 5.25 Å². The molecular formula is C23H50NO4S+. The highest BCUT2D eigenvalue weighted by atomic mass is 32.2. The van der Waals surface area contributed by atoms with Gasteiger partial charge >= 0.3 is 0 Å². The molecule has 0 amide bonds. The van der Waals surface area contributed by atoms with Crippen molar-refractivity contribution in [1.29, 1.82) is 0 Å². The van der Waals surface area contributed by atoms with Gasteiger partial charge in [-0.1, -0.05) is 96.8 Å². The highest BCUT2D eigenvalue weighted by Crippen LogP contribution is 2.14. The van der Waals surface area contributed by atoms with E-state index in [1.807, 2.05) is 14.1 Å². The first-order valence-electron chi connectivity index (χ1n) is 12.1. The number of aliphatic hydroxyl groups excluding tert-OH is 1. The summed E-state index contributed by atoms with van der Waals surface area (Å²) in [5.74, 6) is 0. The van der Waals surface area contributed by atoms with Crippen molar-refractivity contribution < 1.29 is 22.6 Å². The van der Waals surface area contributed by atoms with Crippen molar-refractivity contribution in [2.24, 2.45) is 0 Å². The standard InChI is InChI=1S/C23H49NO4S/c1-4-5-6-7-8-9-10-11-12-13-14-15-16-17-18-19-20-24(2,3)21-23(22-25)29(26,27)28/h23,25H,4-22H2,1-3H3/p+1. The fraction of sp³-hybridized carbons (Fsp3) is 1.00. The summed E-state index contributed by atoms with van der Waals surface area (Å²) in [5.41, 5.74) is 0. The molecule has 0 rings (SSSR count). The van der Waals surface area contributed by atoms with Crippen LogP contribution >= 0.6 is 0 Å². The molecular weight excluding hydrogens is 386 g/mol. The molecule has 0 bridgehead atoms. The first kappa shape index (κ1) is 28.8. The van der Waals surface area contributed by atoms with Gasteiger partial charge in [-0.25, -0.2) is 0 Å². The molecule has 0 radical (unpaired) electrons. The van der Waals surface area contributed by atoms with Crippen LogP contribution in [0.5, 0.6) is 0 Å². The Morgan fingerprint density at radius 1 is 0.690 bits per heavy atom. The maximum absolute atomic E-state index is 11.2. The SMILES string of the molecule is CCCCCCCCCCCCCCCCCC[N+](C)(C)CC(CO)S(=O)(=O)O. The first-order valence-corrected chi connectivity index (χ1v) is 13.6. The van der Waals surface area contributed by atoms with Crippen LogP contribution < -0.4 is 0 Å². The second-order valence-corrected chi connectivity index (χ2v) is 11.2. The van der Waals surface area contributed by atoms with Gasteiger partial charge in [-0.3, -0.25) is 4.55 Å². The molecule has 0 aromatic heterocycles. The summed E-state index contributed by atoms with van der Waals surface area (Å²) in [5, 5.41) is 8.10. The Morgan fingerprint density at radius 2 is 1.03 bits per heavy atom. The first-order chi connectivity index (χ1) is 13.7. The Kier molecular flexibility index (Phi) is 17.4. The summed E-state index contributed by atoms with van der Waals surface area (Å²) < 4.78 is 32.2. The zero-order valence-electron chi connectivity index (χ0n) is 19.6. The summed E-state index contributed by atoms with van der Waals surface area (Å²) in [7, 11) is -0.260. The van der Waals surface area contributed by atoms with E-state index in [9.17, 15) is 13.5 Å². The van der Waals surface area contributed by atoms with Crippen LogP contribution in [0.2, 0.25) is 0 Å². The highest BCUT2D eigenvalue weighted by molar-refractivity contribution is 7.86. The third kappa shape index (κ3) is 18.3. The highest BCUT2D eigenvalue weighted by Gasteiger charge is 2.30. The van der Waals surface area contributed by atoms with Crippen LogP contribution in [0.1, 0.15) is 110 Å². The minimum Gasteiger partial charge on any atom is -0.395 e. The van der Waals surface area contributed by atoms with Gasteiger partial charge in [0.1, 0.15) is 0 Å². The third-order valence-electron chi connectivity index (χ3n) is 5.94. The van der Waals surface area contributed by atoms with Crippen LogP contribution in [0, 0.1) is 0 Å². The van der Waals surface area contributed by atoms with Gasteiger partial charge in [0.05, 0.1) is 33.8 Å². The van der Waals surface area contributed by atoms with E-state index in [1.54, 1.807) is 0 Å². The Balaban J connectivity index is 3.48. The molecule has 2 N–H and O–H groups in total. The van der Waals surface area contributed by atoms with Crippen molar-refractivity contribution in [1.82, 2.24) is 0 Å². The van der Waals surface area contributed by atoms with E-state index in [4.69, 9.17) is 4.55 Å². The third-order valence-corrected chi connectivity index (χ3v) is 7.08. The summed E-state index contributed by atoms with van der Waals surface area (Å²) in [6, 6.07) is 0. The molecule has 6 heteroatoms. The summed E-state index contributed by atoms with van der Waals surface area (Å²) in [4.78, 5) is 0. The van der Waals surface area contributed by atoms with Gasteiger partial charge in [0.25, 0.3) is 10.1 Å². The molecule has 5 nitrogen and oxygen atoms in total.